The van der Waals surface area contributed by atoms with Crippen LogP contribution in [0.2, 0.25) is 0 Å². The van der Waals surface area contributed by atoms with Gasteiger partial charge in [-0.1, -0.05) is 12.1 Å². The molecule has 0 saturated carbocycles. The van der Waals surface area contributed by atoms with Gasteiger partial charge in [-0.3, -0.25) is 9.59 Å². The maximum absolute atomic E-state index is 13.2. The SMILES string of the molecule is COc1ccc(NC(=O)C2CCN(C(=O)c3ncn4c3CO[C@H](c3ccc(F)cc3)C4)CC2)cc1. The van der Waals surface area contributed by atoms with Crippen LogP contribution < -0.4 is 10.1 Å². The fourth-order valence-electron chi connectivity index (χ4n) is 4.60. The van der Waals surface area contributed by atoms with E-state index < -0.39 is 0 Å². The zero-order chi connectivity index (χ0) is 24.4. The number of hydrogen-bond donors (Lipinski definition) is 1. The van der Waals surface area contributed by atoms with E-state index in [4.69, 9.17) is 9.47 Å². The van der Waals surface area contributed by atoms with Gasteiger partial charge in [-0.25, -0.2) is 9.37 Å². The number of rotatable bonds is 5. The molecule has 0 unspecified atom stereocenters. The van der Waals surface area contributed by atoms with Crippen LogP contribution in [0.25, 0.3) is 0 Å². The second-order valence-corrected chi connectivity index (χ2v) is 8.83. The van der Waals surface area contributed by atoms with E-state index in [1.807, 2.05) is 4.57 Å². The number of fused-ring (bicyclic) bond motifs is 1. The summed E-state index contributed by atoms with van der Waals surface area (Å²) in [6.45, 7) is 1.74. The Morgan fingerprint density at radius 3 is 2.49 bits per heavy atom. The fourth-order valence-corrected chi connectivity index (χ4v) is 4.60. The third kappa shape index (κ3) is 4.90. The normalized spacial score (nSPS) is 18.1. The van der Waals surface area contributed by atoms with Crippen LogP contribution in [0.4, 0.5) is 10.1 Å². The van der Waals surface area contributed by atoms with Gasteiger partial charge < -0.3 is 24.3 Å². The quantitative estimate of drug-likeness (QED) is 0.603. The number of piperidine rings is 1. The number of carbonyl (C=O) groups excluding carboxylic acids is 2. The number of benzene rings is 2. The molecule has 0 aliphatic carbocycles. The van der Waals surface area contributed by atoms with E-state index in [9.17, 15) is 14.0 Å². The number of anilines is 1. The predicted octanol–water partition coefficient (Wildman–Crippen LogP) is 3.79. The number of methoxy groups -OCH3 is 1. The van der Waals surface area contributed by atoms with Crippen molar-refractivity contribution in [1.29, 1.82) is 0 Å². The minimum atomic E-state index is -0.289. The molecule has 3 heterocycles. The number of nitrogens with zero attached hydrogens (tertiary/aromatic N) is 3. The molecule has 2 aliphatic rings. The molecule has 5 rings (SSSR count). The Hall–Kier alpha value is -3.72. The van der Waals surface area contributed by atoms with Crippen molar-refractivity contribution >= 4 is 17.5 Å². The maximum atomic E-state index is 13.2. The third-order valence-corrected chi connectivity index (χ3v) is 6.68. The van der Waals surface area contributed by atoms with E-state index >= 15 is 0 Å². The highest BCUT2D eigenvalue weighted by molar-refractivity contribution is 5.95. The summed E-state index contributed by atoms with van der Waals surface area (Å²) in [5, 5.41) is 2.95. The van der Waals surface area contributed by atoms with Gasteiger partial charge in [0.2, 0.25) is 5.91 Å². The van der Waals surface area contributed by atoms with Crippen molar-refractivity contribution in [2.24, 2.45) is 5.92 Å². The van der Waals surface area contributed by atoms with Gasteiger partial charge in [0.05, 0.1) is 32.3 Å². The van der Waals surface area contributed by atoms with Crippen molar-refractivity contribution in [2.75, 3.05) is 25.5 Å². The summed E-state index contributed by atoms with van der Waals surface area (Å²) in [4.78, 5) is 32.0. The van der Waals surface area contributed by atoms with E-state index in [1.54, 1.807) is 54.7 Å². The molecular weight excluding hydrogens is 451 g/mol. The van der Waals surface area contributed by atoms with Crippen molar-refractivity contribution in [3.63, 3.8) is 0 Å². The Kier molecular flexibility index (Phi) is 6.50. The molecule has 1 N–H and O–H groups in total. The molecule has 182 valence electrons. The number of likely N-dealkylation sites (tertiary alicyclic amines) is 1. The molecule has 9 heteroatoms. The molecule has 1 saturated heterocycles. The molecular formula is C26H27FN4O4. The minimum Gasteiger partial charge on any atom is -0.497 e. The molecule has 2 aromatic carbocycles. The summed E-state index contributed by atoms with van der Waals surface area (Å²) in [6, 6.07) is 13.5. The van der Waals surface area contributed by atoms with Crippen LogP contribution in [0.3, 0.4) is 0 Å². The average molecular weight is 479 g/mol. The lowest BCUT2D eigenvalue weighted by molar-refractivity contribution is -0.121. The molecule has 0 radical (unpaired) electrons. The Morgan fingerprint density at radius 1 is 1.09 bits per heavy atom. The number of amides is 2. The Labute approximate surface area is 202 Å². The molecule has 1 atom stereocenters. The van der Waals surface area contributed by atoms with E-state index in [0.717, 1.165) is 22.7 Å². The summed E-state index contributed by atoms with van der Waals surface area (Å²) in [5.74, 6) is 0.103. The van der Waals surface area contributed by atoms with Crippen LogP contribution in [-0.2, 0) is 22.7 Å². The van der Waals surface area contributed by atoms with Crippen molar-refractivity contribution in [2.45, 2.75) is 32.1 Å². The van der Waals surface area contributed by atoms with Crippen LogP contribution in [0.15, 0.2) is 54.9 Å². The second-order valence-electron chi connectivity index (χ2n) is 8.83. The van der Waals surface area contributed by atoms with Gasteiger partial charge in [-0.15, -0.1) is 0 Å². The summed E-state index contributed by atoms with van der Waals surface area (Å²) in [6.07, 6.45) is 2.62. The lowest BCUT2D eigenvalue weighted by Crippen LogP contribution is -2.42. The highest BCUT2D eigenvalue weighted by atomic mass is 19.1. The van der Waals surface area contributed by atoms with Crippen LogP contribution in [-0.4, -0.2) is 46.5 Å². The zero-order valence-electron chi connectivity index (χ0n) is 19.4. The molecule has 0 bridgehead atoms. The van der Waals surface area contributed by atoms with Gasteiger partial charge in [-0.2, -0.15) is 0 Å². The topological polar surface area (TPSA) is 85.7 Å². The van der Waals surface area contributed by atoms with E-state index in [2.05, 4.69) is 10.3 Å². The number of ether oxygens (including phenoxy) is 2. The molecule has 2 aliphatic heterocycles. The first-order valence-electron chi connectivity index (χ1n) is 11.7. The number of nitrogens with one attached hydrogen (secondary N) is 1. The number of aromatic nitrogens is 2. The maximum Gasteiger partial charge on any atom is 0.274 e. The largest absolute Gasteiger partial charge is 0.497 e. The molecule has 35 heavy (non-hydrogen) atoms. The fraction of sp³-hybridized carbons (Fsp3) is 0.346. The molecule has 1 aromatic heterocycles. The smallest absolute Gasteiger partial charge is 0.274 e. The Bertz CT molecular complexity index is 1200. The average Bonchev–Trinajstić information content (AvgIpc) is 3.32. The van der Waals surface area contributed by atoms with Crippen molar-refractivity contribution in [1.82, 2.24) is 14.5 Å². The zero-order valence-corrected chi connectivity index (χ0v) is 19.4. The molecule has 1 fully saturated rings. The lowest BCUT2D eigenvalue weighted by atomic mass is 9.95. The summed E-state index contributed by atoms with van der Waals surface area (Å²) in [7, 11) is 1.60. The molecule has 8 nitrogen and oxygen atoms in total. The van der Waals surface area contributed by atoms with Crippen LogP contribution >= 0.6 is 0 Å². The van der Waals surface area contributed by atoms with Crippen LogP contribution in [0.5, 0.6) is 5.75 Å². The predicted molar refractivity (Wildman–Crippen MR) is 126 cm³/mol. The first kappa shape index (κ1) is 23.0. The first-order valence-corrected chi connectivity index (χ1v) is 11.7. The van der Waals surface area contributed by atoms with E-state index in [0.29, 0.717) is 38.2 Å². The van der Waals surface area contributed by atoms with Gasteiger partial charge in [0.15, 0.2) is 5.69 Å². The van der Waals surface area contributed by atoms with Gasteiger partial charge in [0, 0.05) is 24.7 Å². The van der Waals surface area contributed by atoms with Gasteiger partial charge >= 0.3 is 0 Å². The Morgan fingerprint density at radius 2 is 1.80 bits per heavy atom. The first-order chi connectivity index (χ1) is 17.0. The van der Waals surface area contributed by atoms with Gasteiger partial charge in [0.25, 0.3) is 5.91 Å². The standard InChI is InChI=1S/C26H27FN4O4/c1-34-21-8-6-20(7-9-21)29-25(32)18-10-12-30(13-11-18)26(33)24-22-15-35-23(14-31(22)16-28-24)17-2-4-19(27)5-3-17/h2-9,16,18,23H,10-15H2,1H3,(H,29,32)/t23-/m0/s1. The van der Waals surface area contributed by atoms with Crippen LogP contribution in [0, 0.1) is 11.7 Å². The van der Waals surface area contributed by atoms with Crippen LogP contribution in [0.1, 0.15) is 40.7 Å². The third-order valence-electron chi connectivity index (χ3n) is 6.68. The van der Waals surface area contributed by atoms with Crippen molar-refractivity contribution < 1.29 is 23.5 Å². The summed E-state index contributed by atoms with van der Waals surface area (Å²) < 4.78 is 26.3. The number of hydrogen-bond acceptors (Lipinski definition) is 5. The molecule has 2 amide bonds. The Balaban J connectivity index is 1.17. The van der Waals surface area contributed by atoms with E-state index in [-0.39, 0.29) is 36.3 Å². The molecule has 3 aromatic rings. The summed E-state index contributed by atoms with van der Waals surface area (Å²) in [5.41, 5.74) is 2.74. The van der Waals surface area contributed by atoms with Gasteiger partial charge in [-0.05, 0) is 54.8 Å². The molecule has 0 spiro atoms. The number of halogens is 1. The second kappa shape index (κ2) is 9.87. The lowest BCUT2D eigenvalue weighted by Gasteiger charge is -2.31. The van der Waals surface area contributed by atoms with E-state index in [1.165, 1.54) is 12.1 Å². The van der Waals surface area contributed by atoms with Crippen molar-refractivity contribution in [3.05, 3.63) is 77.6 Å². The van der Waals surface area contributed by atoms with Crippen molar-refractivity contribution in [3.8, 4) is 5.75 Å². The monoisotopic (exact) mass is 478 g/mol. The summed E-state index contributed by atoms with van der Waals surface area (Å²) >= 11 is 0. The van der Waals surface area contributed by atoms with Gasteiger partial charge in [0.1, 0.15) is 17.7 Å². The number of imidazole rings is 1. The highest BCUT2D eigenvalue weighted by Gasteiger charge is 2.32. The number of carbonyl (C=O) groups is 2. The highest BCUT2D eigenvalue weighted by Crippen LogP contribution is 2.29. The minimum absolute atomic E-state index is 0.0399.